The van der Waals surface area contributed by atoms with E-state index in [-0.39, 0.29) is 5.57 Å². The number of carbonyl (C=O) groups is 1. The van der Waals surface area contributed by atoms with Crippen molar-refractivity contribution in [3.05, 3.63) is 63.8 Å². The summed E-state index contributed by atoms with van der Waals surface area (Å²) >= 11 is 2.13. The summed E-state index contributed by atoms with van der Waals surface area (Å²) in [6.45, 7) is 6.32. The molecule has 0 saturated carbocycles. The number of amides is 1. The maximum Gasteiger partial charge on any atom is 0.266 e. The molecule has 6 nitrogen and oxygen atoms in total. The van der Waals surface area contributed by atoms with Gasteiger partial charge in [0.15, 0.2) is 11.5 Å². The summed E-state index contributed by atoms with van der Waals surface area (Å²) in [7, 11) is 1.57. The number of benzene rings is 2. The van der Waals surface area contributed by atoms with Gasteiger partial charge in [-0.15, -0.1) is 0 Å². The van der Waals surface area contributed by atoms with E-state index in [9.17, 15) is 10.1 Å². The number of nitrogens with zero attached hydrogens (tertiary/aromatic N) is 1. The van der Waals surface area contributed by atoms with Crippen molar-refractivity contribution in [2.75, 3.05) is 25.6 Å². The Hall–Kier alpha value is -2.99. The van der Waals surface area contributed by atoms with Gasteiger partial charge in [-0.2, -0.15) is 5.26 Å². The lowest BCUT2D eigenvalue weighted by atomic mass is 10.1. The number of halogens is 1. The number of nitriles is 1. The van der Waals surface area contributed by atoms with Gasteiger partial charge in [-0.25, -0.2) is 0 Å². The molecule has 0 unspecified atom stereocenters. The van der Waals surface area contributed by atoms with Gasteiger partial charge >= 0.3 is 0 Å². The monoisotopic (exact) mass is 504 g/mol. The number of carbonyl (C=O) groups excluding carboxylic acids is 1. The second kappa shape index (κ2) is 11.1. The molecule has 0 saturated heterocycles. The molecule has 0 aliphatic carbocycles. The quantitative estimate of drug-likeness (QED) is 0.230. The first-order valence-corrected chi connectivity index (χ1v) is 9.87. The third-order valence-corrected chi connectivity index (χ3v) is 4.50. The van der Waals surface area contributed by atoms with Gasteiger partial charge in [0, 0.05) is 5.69 Å². The first-order valence-electron chi connectivity index (χ1n) is 8.79. The van der Waals surface area contributed by atoms with E-state index in [0.29, 0.717) is 41.7 Å². The Labute approximate surface area is 183 Å². The molecule has 0 aliphatic rings. The van der Waals surface area contributed by atoms with E-state index in [4.69, 9.17) is 14.2 Å². The average Bonchev–Trinajstić information content (AvgIpc) is 2.72. The number of rotatable bonds is 9. The summed E-state index contributed by atoms with van der Waals surface area (Å²) in [4.78, 5) is 12.5. The summed E-state index contributed by atoms with van der Waals surface area (Å²) in [5, 5.41) is 12.2. The van der Waals surface area contributed by atoms with E-state index in [1.54, 1.807) is 43.5 Å². The summed E-state index contributed by atoms with van der Waals surface area (Å²) in [6.07, 6.45) is 3.16. The van der Waals surface area contributed by atoms with Crippen LogP contribution >= 0.6 is 22.6 Å². The van der Waals surface area contributed by atoms with Gasteiger partial charge in [0.25, 0.3) is 5.91 Å². The van der Waals surface area contributed by atoms with Crippen LogP contribution in [0.3, 0.4) is 0 Å². The molecule has 1 N–H and O–H groups in total. The van der Waals surface area contributed by atoms with Crippen molar-refractivity contribution >= 4 is 40.3 Å². The Bertz CT molecular complexity index is 947. The molecule has 2 aromatic carbocycles. The topological polar surface area (TPSA) is 80.6 Å². The minimum absolute atomic E-state index is 0.0289. The van der Waals surface area contributed by atoms with Gasteiger partial charge in [0.1, 0.15) is 24.0 Å². The molecule has 2 rings (SSSR count). The largest absolute Gasteiger partial charge is 0.497 e. The third kappa shape index (κ3) is 6.26. The predicted molar refractivity (Wildman–Crippen MR) is 121 cm³/mol. The number of hydrogen-bond acceptors (Lipinski definition) is 5. The number of hydrogen-bond donors (Lipinski definition) is 1. The Morgan fingerprint density at radius 2 is 2.00 bits per heavy atom. The highest BCUT2D eigenvalue weighted by Gasteiger charge is 2.14. The molecule has 0 bridgehead atoms. The van der Waals surface area contributed by atoms with Crippen molar-refractivity contribution in [1.29, 1.82) is 5.26 Å². The summed E-state index contributed by atoms with van der Waals surface area (Å²) in [5.74, 6) is 1.32. The van der Waals surface area contributed by atoms with Crippen molar-refractivity contribution < 1.29 is 19.0 Å². The molecule has 0 spiro atoms. The molecule has 0 aliphatic heterocycles. The molecular formula is C22H21IN2O4. The number of nitrogens with one attached hydrogen (secondary N) is 1. The molecule has 2 aromatic rings. The van der Waals surface area contributed by atoms with Crippen LogP contribution in [-0.4, -0.2) is 26.2 Å². The van der Waals surface area contributed by atoms with Crippen LogP contribution in [0.1, 0.15) is 12.5 Å². The van der Waals surface area contributed by atoms with Crippen LogP contribution in [0.5, 0.6) is 17.2 Å². The van der Waals surface area contributed by atoms with Crippen molar-refractivity contribution in [2.24, 2.45) is 0 Å². The van der Waals surface area contributed by atoms with Gasteiger partial charge in [-0.1, -0.05) is 12.7 Å². The Morgan fingerprint density at radius 3 is 2.59 bits per heavy atom. The maximum atomic E-state index is 12.5. The van der Waals surface area contributed by atoms with Gasteiger partial charge < -0.3 is 19.5 Å². The molecule has 1 amide bonds. The molecule has 0 aromatic heterocycles. The van der Waals surface area contributed by atoms with Crippen molar-refractivity contribution in [3.63, 3.8) is 0 Å². The van der Waals surface area contributed by atoms with Crippen LogP contribution in [0.2, 0.25) is 0 Å². The first-order chi connectivity index (χ1) is 14.0. The van der Waals surface area contributed by atoms with Crippen molar-refractivity contribution in [3.8, 4) is 23.3 Å². The smallest absolute Gasteiger partial charge is 0.266 e. The lowest BCUT2D eigenvalue weighted by Crippen LogP contribution is -2.13. The Morgan fingerprint density at radius 1 is 1.28 bits per heavy atom. The predicted octanol–water partition coefficient (Wildman–Crippen LogP) is 4.81. The second-order valence-electron chi connectivity index (χ2n) is 5.72. The highest BCUT2D eigenvalue weighted by atomic mass is 127. The van der Waals surface area contributed by atoms with Crippen molar-refractivity contribution in [1.82, 2.24) is 0 Å². The summed E-state index contributed by atoms with van der Waals surface area (Å²) < 4.78 is 17.2. The molecular weight excluding hydrogens is 483 g/mol. The maximum absolute atomic E-state index is 12.5. The fraction of sp³-hybridized carbons (Fsp3) is 0.182. The van der Waals surface area contributed by atoms with E-state index in [1.165, 1.54) is 6.08 Å². The Balaban J connectivity index is 2.29. The molecule has 150 valence electrons. The van der Waals surface area contributed by atoms with Gasteiger partial charge in [-0.3, -0.25) is 4.79 Å². The summed E-state index contributed by atoms with van der Waals surface area (Å²) in [6, 6.07) is 12.4. The van der Waals surface area contributed by atoms with Crippen LogP contribution < -0.4 is 19.5 Å². The van der Waals surface area contributed by atoms with Gasteiger partial charge in [-0.05, 0) is 77.6 Å². The zero-order valence-electron chi connectivity index (χ0n) is 16.2. The lowest BCUT2D eigenvalue weighted by molar-refractivity contribution is -0.112. The van der Waals surface area contributed by atoms with Crippen molar-refractivity contribution in [2.45, 2.75) is 6.92 Å². The minimum atomic E-state index is -0.502. The molecule has 0 radical (unpaired) electrons. The summed E-state index contributed by atoms with van der Waals surface area (Å²) in [5.41, 5.74) is 1.19. The Kier molecular flexibility index (Phi) is 8.55. The van der Waals surface area contributed by atoms with E-state index in [0.717, 1.165) is 3.57 Å². The normalized spacial score (nSPS) is 10.6. The molecule has 0 fully saturated rings. The second-order valence-corrected chi connectivity index (χ2v) is 6.88. The van der Waals surface area contributed by atoms with Crippen LogP contribution in [0.25, 0.3) is 6.08 Å². The zero-order chi connectivity index (χ0) is 21.2. The highest BCUT2D eigenvalue weighted by Crippen LogP contribution is 2.35. The van der Waals surface area contributed by atoms with E-state index < -0.39 is 5.91 Å². The van der Waals surface area contributed by atoms with Crippen LogP contribution in [0.4, 0.5) is 5.69 Å². The lowest BCUT2D eigenvalue weighted by Gasteiger charge is -2.14. The number of methoxy groups -OCH3 is 1. The van der Waals surface area contributed by atoms with Gasteiger partial charge in [0.05, 0.1) is 17.3 Å². The van der Waals surface area contributed by atoms with Crippen LogP contribution in [-0.2, 0) is 4.79 Å². The minimum Gasteiger partial charge on any atom is -0.497 e. The fourth-order valence-corrected chi connectivity index (χ4v) is 3.19. The molecule has 29 heavy (non-hydrogen) atoms. The molecule has 0 heterocycles. The SMILES string of the molecule is C=CCOc1c(I)cc(/C=C(/C#N)C(=O)Nc2ccc(OC)cc2)cc1OCC. The third-order valence-electron chi connectivity index (χ3n) is 3.70. The number of ether oxygens (including phenoxy) is 3. The molecule has 7 heteroatoms. The highest BCUT2D eigenvalue weighted by molar-refractivity contribution is 14.1. The zero-order valence-corrected chi connectivity index (χ0v) is 18.4. The fourth-order valence-electron chi connectivity index (χ4n) is 2.40. The number of anilines is 1. The standard InChI is InChI=1S/C22H21IN2O4/c1-4-10-29-21-19(23)12-15(13-20(21)28-5-2)11-16(14-24)22(26)25-17-6-8-18(27-3)9-7-17/h4,6-9,11-13H,1,5,10H2,2-3H3,(H,25,26)/b16-11-. The van der Waals surface area contributed by atoms with E-state index in [2.05, 4.69) is 34.5 Å². The van der Waals surface area contributed by atoms with E-state index in [1.807, 2.05) is 19.1 Å². The van der Waals surface area contributed by atoms with Gasteiger partial charge in [0.2, 0.25) is 0 Å². The van der Waals surface area contributed by atoms with Crippen LogP contribution in [0.15, 0.2) is 54.6 Å². The van der Waals surface area contributed by atoms with Crippen LogP contribution in [0, 0.1) is 14.9 Å². The average molecular weight is 504 g/mol. The van der Waals surface area contributed by atoms with E-state index >= 15 is 0 Å². The molecule has 0 atom stereocenters. The first kappa shape index (κ1) is 22.3.